The maximum atomic E-state index is 4.68. The van der Waals surface area contributed by atoms with Crippen LogP contribution in [0.15, 0.2) is 82.8 Å². The van der Waals surface area contributed by atoms with Gasteiger partial charge in [0.15, 0.2) is 0 Å². The number of anilines is 2. The zero-order valence-electron chi connectivity index (χ0n) is 25.4. The van der Waals surface area contributed by atoms with Gasteiger partial charge in [0.1, 0.15) is 0 Å². The lowest BCUT2D eigenvalue weighted by Crippen LogP contribution is -2.25. The first-order valence-corrected chi connectivity index (χ1v) is 15.5. The maximum Gasteiger partial charge on any atom is 0.0631 e. The van der Waals surface area contributed by atoms with E-state index >= 15 is 0 Å². The van der Waals surface area contributed by atoms with Gasteiger partial charge in [-0.1, -0.05) is 77.6 Å². The Bertz CT molecular complexity index is 1020. The van der Waals surface area contributed by atoms with E-state index in [0.717, 1.165) is 48.7 Å². The van der Waals surface area contributed by atoms with Gasteiger partial charge in [0.2, 0.25) is 0 Å². The molecule has 0 unspecified atom stereocenters. The summed E-state index contributed by atoms with van der Waals surface area (Å²) in [4.78, 5) is 14.4. The van der Waals surface area contributed by atoms with Crippen LogP contribution in [0.5, 0.6) is 0 Å². The van der Waals surface area contributed by atoms with Crippen LogP contribution in [0.3, 0.4) is 0 Å². The predicted molar refractivity (Wildman–Crippen MR) is 178 cm³/mol. The van der Waals surface area contributed by atoms with Crippen molar-refractivity contribution in [2.75, 3.05) is 36.0 Å². The van der Waals surface area contributed by atoms with Gasteiger partial charge in [-0.2, -0.15) is 0 Å². The third-order valence-corrected chi connectivity index (χ3v) is 7.22. The number of aliphatic imine (C=N–C) groups is 2. The summed E-state index contributed by atoms with van der Waals surface area (Å²) in [7, 11) is 0. The van der Waals surface area contributed by atoms with Gasteiger partial charge < -0.3 is 9.80 Å². The van der Waals surface area contributed by atoms with Crippen LogP contribution < -0.4 is 9.80 Å². The first-order valence-electron chi connectivity index (χ1n) is 15.5. The van der Waals surface area contributed by atoms with Crippen molar-refractivity contribution >= 4 is 35.2 Å². The molecule has 3 aromatic carbocycles. The Labute approximate surface area is 243 Å². The molecule has 0 N–H and O–H groups in total. The molecule has 0 spiro atoms. The SMILES string of the molecule is CCCCN(CCCC)c1ccc(C=Nc2ccc(N=Cc3ccc(N(CCCC)CCCC)cc3)cc2)cc1. The van der Waals surface area contributed by atoms with E-state index in [1.165, 1.54) is 62.7 Å². The number of hydrogen-bond acceptors (Lipinski definition) is 4. The molecule has 0 amide bonds. The molecule has 3 aromatic rings. The Morgan fingerprint density at radius 1 is 0.450 bits per heavy atom. The standard InChI is InChI=1S/C36H50N4/c1-5-9-25-39(26-10-6-2)35-21-13-31(14-22-35)29-37-33-17-19-34(20-18-33)38-30-32-15-23-36(24-16-32)40(27-11-7-3)28-12-8-4/h13-24,29-30H,5-12,25-28H2,1-4H3. The lowest BCUT2D eigenvalue weighted by Gasteiger charge is -2.24. The minimum atomic E-state index is 0.930. The molecule has 4 heteroatoms. The van der Waals surface area contributed by atoms with E-state index in [2.05, 4.69) is 96.0 Å². The topological polar surface area (TPSA) is 31.2 Å². The summed E-state index contributed by atoms with van der Waals surface area (Å²) in [5, 5.41) is 0. The molecule has 0 fully saturated rings. The monoisotopic (exact) mass is 538 g/mol. The van der Waals surface area contributed by atoms with Crippen LogP contribution in [0, 0.1) is 0 Å². The van der Waals surface area contributed by atoms with Crippen molar-refractivity contribution < 1.29 is 0 Å². The highest BCUT2D eigenvalue weighted by molar-refractivity contribution is 5.84. The van der Waals surface area contributed by atoms with Crippen molar-refractivity contribution in [3.63, 3.8) is 0 Å². The Morgan fingerprint density at radius 3 is 1.02 bits per heavy atom. The molecule has 0 aliphatic carbocycles. The third-order valence-electron chi connectivity index (χ3n) is 7.22. The molecule has 0 aliphatic heterocycles. The predicted octanol–water partition coefficient (Wildman–Crippen LogP) is 10.0. The first kappa shape index (κ1) is 31.1. The van der Waals surface area contributed by atoms with E-state index in [-0.39, 0.29) is 0 Å². The minimum Gasteiger partial charge on any atom is -0.372 e. The molecule has 214 valence electrons. The van der Waals surface area contributed by atoms with Crippen molar-refractivity contribution in [2.24, 2.45) is 9.98 Å². The highest BCUT2D eigenvalue weighted by atomic mass is 15.1. The smallest absolute Gasteiger partial charge is 0.0631 e. The highest BCUT2D eigenvalue weighted by Crippen LogP contribution is 2.21. The van der Waals surface area contributed by atoms with Crippen LogP contribution in [0.4, 0.5) is 22.7 Å². The van der Waals surface area contributed by atoms with Crippen molar-refractivity contribution in [1.29, 1.82) is 0 Å². The van der Waals surface area contributed by atoms with E-state index in [1.54, 1.807) is 0 Å². The van der Waals surface area contributed by atoms with Gasteiger partial charge in [0.05, 0.1) is 11.4 Å². The van der Waals surface area contributed by atoms with Crippen LogP contribution in [0.1, 0.15) is 90.2 Å². The zero-order chi connectivity index (χ0) is 28.4. The highest BCUT2D eigenvalue weighted by Gasteiger charge is 2.06. The summed E-state index contributed by atoms with van der Waals surface area (Å²) < 4.78 is 0. The summed E-state index contributed by atoms with van der Waals surface area (Å²) in [6, 6.07) is 25.7. The van der Waals surface area contributed by atoms with Gasteiger partial charge >= 0.3 is 0 Å². The fourth-order valence-corrected chi connectivity index (χ4v) is 4.60. The number of rotatable bonds is 18. The molecule has 0 bridgehead atoms. The van der Waals surface area contributed by atoms with Crippen LogP contribution in [-0.2, 0) is 0 Å². The van der Waals surface area contributed by atoms with Gasteiger partial charge in [-0.3, -0.25) is 9.98 Å². The molecule has 0 radical (unpaired) electrons. The molecular formula is C36H50N4. The second-order valence-electron chi connectivity index (χ2n) is 10.6. The molecule has 0 saturated heterocycles. The lowest BCUT2D eigenvalue weighted by atomic mass is 10.1. The number of nitrogens with zero attached hydrogens (tertiary/aromatic N) is 4. The summed E-state index contributed by atoms with van der Waals surface area (Å²) in [5.41, 5.74) is 6.70. The summed E-state index contributed by atoms with van der Waals surface area (Å²) in [5.74, 6) is 0. The molecule has 0 heterocycles. The Kier molecular flexibility index (Phi) is 14.0. The fraction of sp³-hybridized carbons (Fsp3) is 0.444. The third kappa shape index (κ3) is 10.6. The van der Waals surface area contributed by atoms with E-state index < -0.39 is 0 Å². The number of unbranched alkanes of at least 4 members (excludes halogenated alkanes) is 4. The van der Waals surface area contributed by atoms with E-state index in [9.17, 15) is 0 Å². The Morgan fingerprint density at radius 2 is 0.750 bits per heavy atom. The quantitative estimate of drug-likeness (QED) is 0.151. The summed E-state index contributed by atoms with van der Waals surface area (Å²) in [6.07, 6.45) is 13.7. The Balaban J connectivity index is 1.56. The average Bonchev–Trinajstić information content (AvgIpc) is 3.00. The van der Waals surface area contributed by atoms with E-state index in [4.69, 9.17) is 0 Å². The lowest BCUT2D eigenvalue weighted by molar-refractivity contribution is 0.678. The summed E-state index contributed by atoms with van der Waals surface area (Å²) >= 11 is 0. The number of hydrogen-bond donors (Lipinski definition) is 0. The minimum absolute atomic E-state index is 0.930. The van der Waals surface area contributed by atoms with Crippen molar-refractivity contribution in [3.05, 3.63) is 83.9 Å². The Hall–Kier alpha value is -3.40. The molecule has 0 saturated carbocycles. The van der Waals surface area contributed by atoms with E-state index in [0.29, 0.717) is 0 Å². The van der Waals surface area contributed by atoms with Crippen molar-refractivity contribution in [1.82, 2.24) is 0 Å². The van der Waals surface area contributed by atoms with Crippen LogP contribution >= 0.6 is 0 Å². The largest absolute Gasteiger partial charge is 0.372 e. The van der Waals surface area contributed by atoms with Gasteiger partial charge in [-0.15, -0.1) is 0 Å². The van der Waals surface area contributed by atoms with Crippen LogP contribution in [-0.4, -0.2) is 38.6 Å². The van der Waals surface area contributed by atoms with Gasteiger partial charge in [-0.05, 0) is 85.3 Å². The normalized spacial score (nSPS) is 11.5. The molecule has 0 aliphatic rings. The molecule has 0 aromatic heterocycles. The van der Waals surface area contributed by atoms with Gasteiger partial charge in [-0.25, -0.2) is 0 Å². The summed E-state index contributed by atoms with van der Waals surface area (Å²) in [6.45, 7) is 13.5. The maximum absolute atomic E-state index is 4.68. The van der Waals surface area contributed by atoms with Crippen LogP contribution in [0.25, 0.3) is 0 Å². The van der Waals surface area contributed by atoms with Gasteiger partial charge in [0.25, 0.3) is 0 Å². The average molecular weight is 539 g/mol. The zero-order valence-corrected chi connectivity index (χ0v) is 25.4. The molecule has 40 heavy (non-hydrogen) atoms. The van der Waals surface area contributed by atoms with Gasteiger partial charge in [0, 0.05) is 50.0 Å². The van der Waals surface area contributed by atoms with Crippen LogP contribution in [0.2, 0.25) is 0 Å². The van der Waals surface area contributed by atoms with E-state index in [1.807, 2.05) is 36.7 Å². The van der Waals surface area contributed by atoms with Crippen molar-refractivity contribution in [2.45, 2.75) is 79.1 Å². The molecule has 0 atom stereocenters. The fourth-order valence-electron chi connectivity index (χ4n) is 4.60. The molecular weight excluding hydrogens is 488 g/mol. The van der Waals surface area contributed by atoms with Crippen molar-refractivity contribution in [3.8, 4) is 0 Å². The molecule has 4 nitrogen and oxygen atoms in total. The second-order valence-corrected chi connectivity index (χ2v) is 10.6. The molecule has 3 rings (SSSR count). The number of benzene rings is 3. The first-order chi connectivity index (χ1) is 19.7. The second kappa shape index (κ2) is 18.0.